The van der Waals surface area contributed by atoms with Crippen molar-refractivity contribution in [3.8, 4) is 0 Å². The molecule has 0 saturated heterocycles. The molecule has 0 bridgehead atoms. The predicted molar refractivity (Wildman–Crippen MR) is 134 cm³/mol. The first kappa shape index (κ1) is 39.9. The molecule has 242 valence electrons. The number of hydrogen-bond acceptors (Lipinski definition) is 4. The molecule has 40 heavy (non-hydrogen) atoms. The van der Waals surface area contributed by atoms with Gasteiger partial charge in [-0.05, 0) is 50.4 Å². The van der Waals surface area contributed by atoms with Gasteiger partial charge in [0.2, 0.25) is 8.32 Å². The maximum atomic E-state index is 13.1. The quantitative estimate of drug-likeness (QED) is 0.0625. The van der Waals surface area contributed by atoms with E-state index in [9.17, 15) is 52.7 Å². The highest BCUT2D eigenvalue weighted by Gasteiger charge is 2.50. The Morgan fingerprint density at radius 1 is 0.575 bits per heavy atom. The monoisotopic (exact) mass is 682 g/mol. The standard InChI is InChI=1S/C20H38F12O4Si4/c1-6-7-13-38(3,14-9-18(24,25)26)33-34-39(4,15-10-19(27,28)29)36-40(5,16-11-20(30,31)32)35-37(2)12-8-17(21,22)23/h37H,6-16H2,1-5H3. The Balaban J connectivity index is 6.10. The van der Waals surface area contributed by atoms with Crippen LogP contribution >= 0.6 is 0 Å². The van der Waals surface area contributed by atoms with Gasteiger partial charge in [0.1, 0.15) is 0 Å². The lowest BCUT2D eigenvalue weighted by Crippen LogP contribution is -2.55. The van der Waals surface area contributed by atoms with Crippen LogP contribution in [0.3, 0.4) is 0 Å². The number of unbranched alkanes of at least 4 members (excludes halogenated alkanes) is 1. The molecule has 0 rings (SSSR count). The van der Waals surface area contributed by atoms with Crippen molar-refractivity contribution in [1.29, 1.82) is 0 Å². The molecule has 0 saturated carbocycles. The Morgan fingerprint density at radius 3 is 1.43 bits per heavy atom. The van der Waals surface area contributed by atoms with Crippen LogP contribution in [0.25, 0.3) is 0 Å². The number of halogens is 12. The van der Waals surface area contributed by atoms with Crippen molar-refractivity contribution in [3.05, 3.63) is 0 Å². The molecule has 4 nitrogen and oxygen atoms in total. The Kier molecular flexibility index (Phi) is 15.5. The largest absolute Gasteiger partial charge is 0.439 e. The molecule has 0 heterocycles. The predicted octanol–water partition coefficient (Wildman–Crippen LogP) is 9.65. The van der Waals surface area contributed by atoms with Crippen LogP contribution in [0.1, 0.15) is 45.4 Å². The molecular formula is C20H38F12O4Si4. The van der Waals surface area contributed by atoms with Crippen LogP contribution < -0.4 is 0 Å². The maximum Gasteiger partial charge on any atom is 0.389 e. The number of alkyl halides is 12. The second kappa shape index (κ2) is 15.6. The first-order valence-corrected chi connectivity index (χ1v) is 23.0. The molecule has 0 radical (unpaired) electrons. The van der Waals surface area contributed by atoms with Crippen LogP contribution in [0.5, 0.6) is 0 Å². The molecular weight excluding hydrogens is 645 g/mol. The van der Waals surface area contributed by atoms with Crippen LogP contribution in [0.15, 0.2) is 0 Å². The number of hydrogen-bond donors (Lipinski definition) is 0. The zero-order valence-electron chi connectivity index (χ0n) is 23.0. The summed E-state index contributed by atoms with van der Waals surface area (Å²) in [5, 5.41) is 0. The van der Waals surface area contributed by atoms with Gasteiger partial charge >= 0.3 is 41.8 Å². The maximum absolute atomic E-state index is 13.1. The highest BCUT2D eigenvalue weighted by atomic mass is 28.5. The normalized spacial score (nSPS) is 19.1. The lowest BCUT2D eigenvalue weighted by atomic mass is 10.4. The molecule has 0 spiro atoms. The SMILES string of the molecule is CCCC[Si](C)(CCC(F)(F)F)OO[Si](C)(CCC(F)(F)F)O[Si](C)(CCC(F)(F)F)O[SiH](C)CCC(F)(F)F. The summed E-state index contributed by atoms with van der Waals surface area (Å²) in [4.78, 5) is 0. The highest BCUT2D eigenvalue weighted by molar-refractivity contribution is 6.83. The Morgan fingerprint density at radius 2 is 1.00 bits per heavy atom. The van der Waals surface area contributed by atoms with Crippen molar-refractivity contribution < 1.29 is 70.1 Å². The average molecular weight is 683 g/mol. The van der Waals surface area contributed by atoms with E-state index in [0.717, 1.165) is 13.1 Å². The van der Waals surface area contributed by atoms with E-state index in [0.29, 0.717) is 12.8 Å². The van der Waals surface area contributed by atoms with Gasteiger partial charge in [-0.3, -0.25) is 9.15 Å². The molecule has 0 N–H and O–H groups in total. The van der Waals surface area contributed by atoms with E-state index in [1.165, 1.54) is 13.1 Å². The first-order chi connectivity index (χ1) is 17.7. The van der Waals surface area contributed by atoms with Crippen molar-refractivity contribution in [2.45, 2.75) is 127 Å². The van der Waals surface area contributed by atoms with E-state index in [1.54, 1.807) is 6.92 Å². The van der Waals surface area contributed by atoms with E-state index >= 15 is 0 Å². The minimum Gasteiger partial charge on any atom is -0.439 e. The molecule has 0 aliphatic carbocycles. The van der Waals surface area contributed by atoms with Crippen molar-refractivity contribution in [2.24, 2.45) is 0 Å². The molecule has 20 heteroatoms. The van der Waals surface area contributed by atoms with Crippen LogP contribution in [0.4, 0.5) is 52.7 Å². The van der Waals surface area contributed by atoms with Crippen LogP contribution in [-0.2, 0) is 17.4 Å². The van der Waals surface area contributed by atoms with E-state index < -0.39 is 109 Å². The van der Waals surface area contributed by atoms with Gasteiger partial charge in [-0.2, -0.15) is 52.7 Å². The van der Waals surface area contributed by atoms with Crippen molar-refractivity contribution in [2.75, 3.05) is 0 Å². The Hall–Kier alpha value is -0.132. The van der Waals surface area contributed by atoms with Gasteiger partial charge < -0.3 is 8.23 Å². The van der Waals surface area contributed by atoms with Crippen molar-refractivity contribution in [3.63, 3.8) is 0 Å². The van der Waals surface area contributed by atoms with Crippen LogP contribution in [-0.4, -0.2) is 59.2 Å². The molecule has 0 amide bonds. The first-order valence-electron chi connectivity index (χ1n) is 12.7. The number of rotatable bonds is 18. The van der Waals surface area contributed by atoms with Gasteiger partial charge in [-0.25, -0.2) is 0 Å². The third-order valence-corrected chi connectivity index (χ3v) is 20.1. The van der Waals surface area contributed by atoms with Gasteiger partial charge in [0.05, 0.1) is 0 Å². The van der Waals surface area contributed by atoms with E-state index in [1.807, 2.05) is 0 Å². The van der Waals surface area contributed by atoms with E-state index in [2.05, 4.69) is 0 Å². The summed E-state index contributed by atoms with van der Waals surface area (Å²) in [7, 11) is -14.5. The molecule has 0 aromatic carbocycles. The van der Waals surface area contributed by atoms with Crippen molar-refractivity contribution in [1.82, 2.24) is 0 Å². The fraction of sp³-hybridized carbons (Fsp3) is 1.00. The van der Waals surface area contributed by atoms with Gasteiger partial charge in [0, 0.05) is 31.7 Å². The minimum atomic E-state index is -4.74. The minimum absolute atomic E-state index is 0.171. The summed E-state index contributed by atoms with van der Waals surface area (Å²) in [5.41, 5.74) is 0. The van der Waals surface area contributed by atoms with Gasteiger partial charge in [-0.1, -0.05) is 19.8 Å². The molecule has 0 aromatic rings. The van der Waals surface area contributed by atoms with Gasteiger partial charge in [0.25, 0.3) is 0 Å². The second-order valence-electron chi connectivity index (χ2n) is 10.5. The fourth-order valence-corrected chi connectivity index (χ4v) is 19.4. The van der Waals surface area contributed by atoms with E-state index in [4.69, 9.17) is 17.4 Å². The molecule has 4 atom stereocenters. The molecule has 4 unspecified atom stereocenters. The Labute approximate surface area is 231 Å². The second-order valence-corrected chi connectivity index (χ2v) is 24.2. The average Bonchev–Trinajstić information content (AvgIpc) is 2.75. The summed E-state index contributed by atoms with van der Waals surface area (Å²) in [6.45, 7) is 6.70. The summed E-state index contributed by atoms with van der Waals surface area (Å²) in [6, 6.07) is -2.50. The van der Waals surface area contributed by atoms with Crippen molar-refractivity contribution >= 4 is 34.5 Å². The van der Waals surface area contributed by atoms with Gasteiger partial charge in [0.15, 0.2) is 9.04 Å². The van der Waals surface area contributed by atoms with Gasteiger partial charge in [-0.15, -0.1) is 0 Å². The third-order valence-electron chi connectivity index (χ3n) is 5.86. The fourth-order valence-electron chi connectivity index (χ4n) is 3.64. The highest BCUT2D eigenvalue weighted by Crippen LogP contribution is 2.36. The molecule has 0 aliphatic heterocycles. The molecule has 0 fully saturated rings. The summed E-state index contributed by atoms with van der Waals surface area (Å²) < 4.78 is 178. The smallest absolute Gasteiger partial charge is 0.389 e. The Bertz CT molecular complexity index is 738. The third kappa shape index (κ3) is 20.7. The zero-order valence-corrected chi connectivity index (χ0v) is 27.2. The lowest BCUT2D eigenvalue weighted by molar-refractivity contribution is -0.156. The molecule has 0 aliphatic rings. The van der Waals surface area contributed by atoms with Crippen LogP contribution in [0, 0.1) is 0 Å². The topological polar surface area (TPSA) is 36.9 Å². The zero-order chi connectivity index (χ0) is 31.7. The summed E-state index contributed by atoms with van der Waals surface area (Å²) >= 11 is 0. The summed E-state index contributed by atoms with van der Waals surface area (Å²) in [5.74, 6) is 0. The summed E-state index contributed by atoms with van der Waals surface area (Å²) in [6.07, 6.45) is -23.0. The molecule has 0 aromatic heterocycles. The van der Waals surface area contributed by atoms with Crippen LogP contribution in [0.2, 0.25) is 56.4 Å². The van der Waals surface area contributed by atoms with E-state index in [-0.39, 0.29) is 6.04 Å². The lowest BCUT2D eigenvalue weighted by Gasteiger charge is -2.40.